The number of benzene rings is 2. The fraction of sp³-hybridized carbons (Fsp3) is 0.562. The first-order valence-corrected chi connectivity index (χ1v) is 14.7. The van der Waals surface area contributed by atoms with Crippen LogP contribution in [0.1, 0.15) is 57.6 Å². The van der Waals surface area contributed by atoms with Crippen LogP contribution in [0.5, 0.6) is 5.75 Å². The number of aliphatic hydroxyl groups excluding tert-OH is 1. The summed E-state index contributed by atoms with van der Waals surface area (Å²) in [4.78, 5) is 27.9. The number of carbonyl (C=O) groups excluding carboxylic acids is 2. The average Bonchev–Trinajstić information content (AvgIpc) is 3.52. The van der Waals surface area contributed by atoms with Crippen molar-refractivity contribution in [3.05, 3.63) is 65.2 Å². The van der Waals surface area contributed by atoms with E-state index >= 15 is 0 Å². The van der Waals surface area contributed by atoms with Gasteiger partial charge in [-0.15, -0.1) is 0 Å². The van der Waals surface area contributed by atoms with Crippen molar-refractivity contribution in [1.29, 1.82) is 0 Å². The molecule has 3 N–H and O–H groups in total. The first-order valence-electron chi connectivity index (χ1n) is 14.7. The highest BCUT2D eigenvalue weighted by Gasteiger charge is 2.48. The molecule has 1 fully saturated rings. The number of rotatable bonds is 17. The molecule has 0 heterocycles. The summed E-state index contributed by atoms with van der Waals surface area (Å²) < 4.78 is 33.0. The van der Waals surface area contributed by atoms with Crippen molar-refractivity contribution in [3.63, 3.8) is 0 Å². The van der Waals surface area contributed by atoms with Crippen molar-refractivity contribution in [3.8, 4) is 5.75 Å². The zero-order valence-electron chi connectivity index (χ0n) is 24.7. The summed E-state index contributed by atoms with van der Waals surface area (Å²) in [5.74, 6) is -0.331. The second kappa shape index (κ2) is 15.8. The molecule has 0 saturated heterocycles. The molecule has 226 valence electrons. The van der Waals surface area contributed by atoms with Crippen molar-refractivity contribution < 1.29 is 28.2 Å². The molecule has 9 heteroatoms. The number of nitrogens with zero attached hydrogens (tertiary/aromatic N) is 1. The van der Waals surface area contributed by atoms with E-state index in [2.05, 4.69) is 31.4 Å². The number of carbonyl (C=O) groups is 2. The van der Waals surface area contributed by atoms with Crippen LogP contribution in [0.4, 0.5) is 8.78 Å². The number of ether oxygens (including phenoxy) is 1. The molecule has 1 saturated carbocycles. The lowest BCUT2D eigenvalue weighted by molar-refractivity contribution is -0.132. The molecule has 7 nitrogen and oxygen atoms in total. The Kier molecular flexibility index (Phi) is 12.5. The standard InChI is InChI=1S/C32H45F2N3O4/c1-5-10-37(11-6-2)32(40)18-28-21(3)27(28)17-31(39)36-29(15-23-12-24(33)16-25(34)13-23)30(38)20-35-19-22-8-7-9-26(14-22)41-4/h7-9,12-14,16,21,27-30,35,38H,5-6,10-11,15,17-20H2,1-4H3,(H,36,39)/t21-,27-,28-,29+,30-/m1/s1. The molecule has 41 heavy (non-hydrogen) atoms. The lowest BCUT2D eigenvalue weighted by Gasteiger charge is -2.25. The lowest BCUT2D eigenvalue weighted by atomic mass is 10.00. The molecule has 0 bridgehead atoms. The Bertz CT molecular complexity index is 1120. The normalized spacial score (nSPS) is 19.3. The first kappa shape index (κ1) is 32.5. The smallest absolute Gasteiger partial charge is 0.222 e. The highest BCUT2D eigenvalue weighted by atomic mass is 19.1. The van der Waals surface area contributed by atoms with Crippen LogP contribution in [-0.4, -0.2) is 60.7 Å². The molecule has 1 aliphatic carbocycles. The zero-order chi connectivity index (χ0) is 29.9. The fourth-order valence-electron chi connectivity index (χ4n) is 5.58. The monoisotopic (exact) mass is 573 g/mol. The topological polar surface area (TPSA) is 90.9 Å². The van der Waals surface area contributed by atoms with Gasteiger partial charge in [0.05, 0.1) is 19.3 Å². The van der Waals surface area contributed by atoms with Crippen molar-refractivity contribution in [2.45, 2.75) is 71.6 Å². The molecule has 5 atom stereocenters. The Hall–Kier alpha value is -3.04. The average molecular weight is 574 g/mol. The first-order chi connectivity index (χ1) is 19.6. The second-order valence-electron chi connectivity index (χ2n) is 11.2. The molecular formula is C32H45F2N3O4. The van der Waals surface area contributed by atoms with E-state index in [0.29, 0.717) is 18.5 Å². The molecule has 0 aromatic heterocycles. The fourth-order valence-corrected chi connectivity index (χ4v) is 5.58. The summed E-state index contributed by atoms with van der Waals surface area (Å²) in [5.41, 5.74) is 1.30. The summed E-state index contributed by atoms with van der Waals surface area (Å²) in [6.07, 6.45) is 1.53. The summed E-state index contributed by atoms with van der Waals surface area (Å²) in [6, 6.07) is 9.98. The molecule has 0 radical (unpaired) electrons. The van der Waals surface area contributed by atoms with Gasteiger partial charge in [0.1, 0.15) is 17.4 Å². The SMILES string of the molecule is CCCN(CCC)C(=O)C[C@@H]1[C@H](C)[C@H]1CC(=O)N[C@@H](Cc1cc(F)cc(F)c1)[C@H](O)CNCc1cccc(OC)c1. The van der Waals surface area contributed by atoms with E-state index in [4.69, 9.17) is 4.74 Å². The predicted octanol–water partition coefficient (Wildman–Crippen LogP) is 4.46. The number of methoxy groups -OCH3 is 1. The largest absolute Gasteiger partial charge is 0.497 e. The van der Waals surface area contributed by atoms with Crippen LogP contribution in [0.3, 0.4) is 0 Å². The molecular weight excluding hydrogens is 528 g/mol. The maximum Gasteiger partial charge on any atom is 0.222 e. The third kappa shape index (κ3) is 10.1. The highest BCUT2D eigenvalue weighted by Crippen LogP contribution is 2.50. The van der Waals surface area contributed by atoms with E-state index in [9.17, 15) is 23.5 Å². The number of aliphatic hydroxyl groups is 1. The van der Waals surface area contributed by atoms with Gasteiger partial charge >= 0.3 is 0 Å². The van der Waals surface area contributed by atoms with Gasteiger partial charge in [0.25, 0.3) is 0 Å². The Labute approximate surface area is 242 Å². The Morgan fingerprint density at radius 3 is 2.29 bits per heavy atom. The molecule has 1 aliphatic rings. The Morgan fingerprint density at radius 1 is 1.00 bits per heavy atom. The van der Waals surface area contributed by atoms with Crippen LogP contribution >= 0.6 is 0 Å². The van der Waals surface area contributed by atoms with Gasteiger partial charge in [-0.2, -0.15) is 0 Å². The van der Waals surface area contributed by atoms with Crippen molar-refractivity contribution >= 4 is 11.8 Å². The quantitative estimate of drug-likeness (QED) is 0.260. The summed E-state index contributed by atoms with van der Waals surface area (Å²) in [5, 5.41) is 17.1. The van der Waals surface area contributed by atoms with Crippen LogP contribution in [-0.2, 0) is 22.6 Å². The van der Waals surface area contributed by atoms with Gasteiger partial charge in [0.15, 0.2) is 0 Å². The van der Waals surface area contributed by atoms with E-state index in [-0.39, 0.29) is 49.0 Å². The molecule has 3 rings (SSSR count). The van der Waals surface area contributed by atoms with Crippen LogP contribution in [0, 0.1) is 29.4 Å². The number of nitrogens with one attached hydrogen (secondary N) is 2. The predicted molar refractivity (Wildman–Crippen MR) is 155 cm³/mol. The van der Waals surface area contributed by atoms with E-state index in [1.165, 1.54) is 12.1 Å². The molecule has 2 aromatic carbocycles. The summed E-state index contributed by atoms with van der Waals surface area (Å²) in [6.45, 7) is 8.27. The van der Waals surface area contributed by atoms with Crippen molar-refractivity contribution in [1.82, 2.24) is 15.5 Å². The van der Waals surface area contributed by atoms with Gasteiger partial charge in [0, 0.05) is 45.1 Å². The van der Waals surface area contributed by atoms with Crippen molar-refractivity contribution in [2.75, 3.05) is 26.7 Å². The van der Waals surface area contributed by atoms with E-state index in [1.54, 1.807) is 7.11 Å². The van der Waals surface area contributed by atoms with Gasteiger partial charge in [-0.1, -0.05) is 32.9 Å². The minimum absolute atomic E-state index is 0.0631. The molecule has 0 unspecified atom stereocenters. The van der Waals surface area contributed by atoms with Gasteiger partial charge in [0.2, 0.25) is 11.8 Å². The van der Waals surface area contributed by atoms with E-state index in [0.717, 1.165) is 43.3 Å². The zero-order valence-corrected chi connectivity index (χ0v) is 24.7. The Balaban J connectivity index is 1.60. The number of hydrogen-bond donors (Lipinski definition) is 3. The highest BCUT2D eigenvalue weighted by molar-refractivity contribution is 5.79. The minimum atomic E-state index is -1.01. The molecule has 2 amide bonds. The molecule has 0 spiro atoms. The van der Waals surface area contributed by atoms with Gasteiger partial charge in [-0.3, -0.25) is 9.59 Å². The number of halogens is 2. The molecule has 2 aromatic rings. The number of hydrogen-bond acceptors (Lipinski definition) is 5. The second-order valence-corrected chi connectivity index (χ2v) is 11.2. The van der Waals surface area contributed by atoms with Gasteiger partial charge < -0.3 is 25.4 Å². The third-order valence-corrected chi connectivity index (χ3v) is 7.94. The van der Waals surface area contributed by atoms with Crippen LogP contribution in [0.25, 0.3) is 0 Å². The van der Waals surface area contributed by atoms with Gasteiger partial charge in [-0.05, 0) is 72.4 Å². The number of amides is 2. The van der Waals surface area contributed by atoms with E-state index in [1.807, 2.05) is 29.2 Å². The summed E-state index contributed by atoms with van der Waals surface area (Å²) in [7, 11) is 1.59. The maximum absolute atomic E-state index is 13.9. The van der Waals surface area contributed by atoms with Crippen LogP contribution in [0.2, 0.25) is 0 Å². The summed E-state index contributed by atoms with van der Waals surface area (Å²) >= 11 is 0. The van der Waals surface area contributed by atoms with E-state index < -0.39 is 23.8 Å². The molecule has 0 aliphatic heterocycles. The van der Waals surface area contributed by atoms with Gasteiger partial charge in [-0.25, -0.2) is 8.78 Å². The van der Waals surface area contributed by atoms with Crippen LogP contribution < -0.4 is 15.4 Å². The third-order valence-electron chi connectivity index (χ3n) is 7.94. The Morgan fingerprint density at radius 2 is 1.66 bits per heavy atom. The lowest BCUT2D eigenvalue weighted by Crippen LogP contribution is -2.48. The van der Waals surface area contributed by atoms with Crippen molar-refractivity contribution in [2.24, 2.45) is 17.8 Å². The maximum atomic E-state index is 13.9. The van der Waals surface area contributed by atoms with Crippen LogP contribution in [0.15, 0.2) is 42.5 Å². The minimum Gasteiger partial charge on any atom is -0.497 e.